The summed E-state index contributed by atoms with van der Waals surface area (Å²) >= 11 is 7.93. The maximum Gasteiger partial charge on any atom is 0.254 e. The lowest BCUT2D eigenvalue weighted by molar-refractivity contribution is -0.368. The molecule has 6 nitrogen and oxygen atoms in total. The molecule has 148 valence electrons. The van der Waals surface area contributed by atoms with E-state index in [0.717, 1.165) is 41.8 Å². The van der Waals surface area contributed by atoms with E-state index in [0.29, 0.717) is 28.2 Å². The first-order valence-electron chi connectivity index (χ1n) is 8.95. The lowest BCUT2D eigenvalue weighted by atomic mass is 10.0. The summed E-state index contributed by atoms with van der Waals surface area (Å²) in [5.41, 5.74) is 5.74. The second-order valence-electron chi connectivity index (χ2n) is 6.12. The van der Waals surface area contributed by atoms with Crippen LogP contribution in [0.15, 0.2) is 34.2 Å². The molecule has 28 heavy (non-hydrogen) atoms. The highest BCUT2D eigenvalue weighted by atomic mass is 35.5. The van der Waals surface area contributed by atoms with Crippen molar-refractivity contribution in [2.24, 2.45) is 0 Å². The molecule has 3 rings (SSSR count). The standard InChI is InChI=1S/C20H22ClN3O3S/c1-25-16-12-13(11-15(21)18(16)26-2)10-14(6-3-4-8-22)20-23-19(24-27-20)17-7-5-9-28-17/h5,7,9-12H,3-4,6,8,22H2,1-2H3/p+1/b14-10+. The lowest BCUT2D eigenvalue weighted by Crippen LogP contribution is -2.50. The Morgan fingerprint density at radius 1 is 1.29 bits per heavy atom. The molecule has 2 aromatic heterocycles. The maximum absolute atomic E-state index is 6.35. The van der Waals surface area contributed by atoms with E-state index in [9.17, 15) is 0 Å². The van der Waals surface area contributed by atoms with Crippen molar-refractivity contribution in [2.75, 3.05) is 20.8 Å². The molecule has 0 atom stereocenters. The number of thiophene rings is 1. The van der Waals surface area contributed by atoms with Gasteiger partial charge in [-0.2, -0.15) is 4.98 Å². The molecule has 0 bridgehead atoms. The molecule has 0 saturated heterocycles. The van der Waals surface area contributed by atoms with Crippen LogP contribution in [0.2, 0.25) is 5.02 Å². The number of quaternary nitrogens is 1. The molecular formula is C20H23ClN3O3S+. The molecule has 0 fully saturated rings. The van der Waals surface area contributed by atoms with Gasteiger partial charge in [-0.05, 0) is 54.5 Å². The molecule has 0 unspecified atom stereocenters. The van der Waals surface area contributed by atoms with E-state index in [1.165, 1.54) is 0 Å². The first-order chi connectivity index (χ1) is 13.7. The fraction of sp³-hybridized carbons (Fsp3) is 0.300. The van der Waals surface area contributed by atoms with Crippen LogP contribution in [0.3, 0.4) is 0 Å². The smallest absolute Gasteiger partial charge is 0.254 e. The van der Waals surface area contributed by atoms with Gasteiger partial charge in [0, 0.05) is 5.57 Å². The summed E-state index contributed by atoms with van der Waals surface area (Å²) in [4.78, 5) is 5.56. The molecule has 3 N–H and O–H groups in total. The van der Waals surface area contributed by atoms with Gasteiger partial charge in [-0.3, -0.25) is 0 Å². The summed E-state index contributed by atoms with van der Waals surface area (Å²) in [6.07, 6.45) is 4.80. The van der Waals surface area contributed by atoms with Crippen LogP contribution in [0.5, 0.6) is 11.5 Å². The van der Waals surface area contributed by atoms with Gasteiger partial charge in [-0.25, -0.2) is 0 Å². The molecule has 0 aliphatic carbocycles. The van der Waals surface area contributed by atoms with Gasteiger partial charge in [0.2, 0.25) is 5.82 Å². The number of unbranched alkanes of at least 4 members (excludes halogenated alkanes) is 1. The van der Waals surface area contributed by atoms with Crippen LogP contribution in [-0.2, 0) is 0 Å². The molecule has 0 aliphatic rings. The second kappa shape index (κ2) is 9.73. The van der Waals surface area contributed by atoms with E-state index in [4.69, 9.17) is 25.6 Å². The SMILES string of the molecule is COc1cc(/C=C(\CCCC[NH3+])c2nc(-c3cccs3)no2)cc(Cl)c1OC. The lowest BCUT2D eigenvalue weighted by Gasteiger charge is -2.11. The zero-order valence-electron chi connectivity index (χ0n) is 15.9. The molecule has 0 radical (unpaired) electrons. The summed E-state index contributed by atoms with van der Waals surface area (Å²) in [6.45, 7) is 0.889. The van der Waals surface area contributed by atoms with Gasteiger partial charge in [-0.1, -0.05) is 22.8 Å². The Balaban J connectivity index is 1.97. The largest absolute Gasteiger partial charge is 0.493 e. The van der Waals surface area contributed by atoms with E-state index < -0.39 is 0 Å². The number of hydrogen-bond donors (Lipinski definition) is 1. The van der Waals surface area contributed by atoms with Gasteiger partial charge in [0.15, 0.2) is 11.5 Å². The van der Waals surface area contributed by atoms with Gasteiger partial charge in [0.25, 0.3) is 5.89 Å². The van der Waals surface area contributed by atoms with Gasteiger partial charge in [-0.15, -0.1) is 11.3 Å². The van der Waals surface area contributed by atoms with Crippen LogP contribution in [0.4, 0.5) is 0 Å². The Kier molecular flexibility index (Phi) is 7.08. The summed E-state index contributed by atoms with van der Waals surface area (Å²) in [6, 6.07) is 7.65. The van der Waals surface area contributed by atoms with E-state index in [2.05, 4.69) is 15.9 Å². The van der Waals surface area contributed by atoms with Gasteiger partial charge < -0.3 is 19.7 Å². The van der Waals surface area contributed by atoms with Crippen molar-refractivity contribution >= 4 is 34.6 Å². The number of nitrogens with zero attached hydrogens (tertiary/aromatic N) is 2. The minimum absolute atomic E-state index is 0.481. The average Bonchev–Trinajstić information content (AvgIpc) is 3.38. The third-order valence-corrected chi connectivity index (χ3v) is 5.33. The van der Waals surface area contributed by atoms with E-state index in [1.807, 2.05) is 35.7 Å². The predicted octanol–water partition coefficient (Wildman–Crippen LogP) is 4.42. The normalized spacial score (nSPS) is 11.6. The highest BCUT2D eigenvalue weighted by Crippen LogP contribution is 2.37. The summed E-state index contributed by atoms with van der Waals surface area (Å²) in [7, 11) is 3.15. The van der Waals surface area contributed by atoms with Crippen molar-refractivity contribution in [1.82, 2.24) is 10.1 Å². The molecule has 0 spiro atoms. The van der Waals surface area contributed by atoms with Gasteiger partial charge in [0.05, 0.1) is 30.7 Å². The topological polar surface area (TPSA) is 85.0 Å². The van der Waals surface area contributed by atoms with Crippen molar-refractivity contribution in [1.29, 1.82) is 0 Å². The Morgan fingerprint density at radius 2 is 2.14 bits per heavy atom. The van der Waals surface area contributed by atoms with Crippen LogP contribution in [0.1, 0.15) is 30.7 Å². The van der Waals surface area contributed by atoms with Crippen LogP contribution in [-0.4, -0.2) is 30.9 Å². The molecule has 3 aromatic rings. The van der Waals surface area contributed by atoms with Crippen LogP contribution in [0, 0.1) is 0 Å². The van der Waals surface area contributed by atoms with Crippen LogP contribution in [0.25, 0.3) is 22.4 Å². The summed E-state index contributed by atoms with van der Waals surface area (Å²) < 4.78 is 16.3. The number of methoxy groups -OCH3 is 2. The molecule has 1 aromatic carbocycles. The van der Waals surface area contributed by atoms with Crippen LogP contribution < -0.4 is 15.2 Å². The zero-order valence-corrected chi connectivity index (χ0v) is 17.5. The van der Waals surface area contributed by atoms with E-state index in [-0.39, 0.29) is 0 Å². The summed E-state index contributed by atoms with van der Waals surface area (Å²) in [5.74, 6) is 2.19. The first kappa shape index (κ1) is 20.4. The summed E-state index contributed by atoms with van der Waals surface area (Å²) in [5, 5.41) is 6.60. The molecule has 0 saturated carbocycles. The van der Waals surface area contributed by atoms with Crippen molar-refractivity contribution in [3.05, 3.63) is 46.1 Å². The second-order valence-corrected chi connectivity index (χ2v) is 7.47. The highest BCUT2D eigenvalue weighted by Gasteiger charge is 2.15. The highest BCUT2D eigenvalue weighted by molar-refractivity contribution is 7.13. The Morgan fingerprint density at radius 3 is 2.82 bits per heavy atom. The van der Waals surface area contributed by atoms with Crippen molar-refractivity contribution in [2.45, 2.75) is 19.3 Å². The zero-order chi connectivity index (χ0) is 19.9. The molecule has 8 heteroatoms. The number of halogens is 1. The number of hydrogen-bond acceptors (Lipinski definition) is 6. The van der Waals surface area contributed by atoms with Crippen molar-refractivity contribution in [3.8, 4) is 22.2 Å². The quantitative estimate of drug-likeness (QED) is 0.518. The minimum Gasteiger partial charge on any atom is -0.493 e. The van der Waals surface area contributed by atoms with Crippen molar-refractivity contribution < 1.29 is 19.7 Å². The van der Waals surface area contributed by atoms with Crippen LogP contribution >= 0.6 is 22.9 Å². The number of benzene rings is 1. The monoisotopic (exact) mass is 420 g/mol. The van der Waals surface area contributed by atoms with Gasteiger partial charge >= 0.3 is 0 Å². The van der Waals surface area contributed by atoms with E-state index in [1.54, 1.807) is 25.6 Å². The molecule has 0 amide bonds. The fourth-order valence-electron chi connectivity index (χ4n) is 2.82. The Bertz CT molecular complexity index is 938. The maximum atomic E-state index is 6.35. The fourth-order valence-corrected chi connectivity index (χ4v) is 3.76. The predicted molar refractivity (Wildman–Crippen MR) is 112 cm³/mol. The van der Waals surface area contributed by atoms with Gasteiger partial charge in [0.1, 0.15) is 0 Å². The molecular weight excluding hydrogens is 398 g/mol. The number of aromatic nitrogens is 2. The Labute approximate surface area is 172 Å². The molecule has 2 heterocycles. The number of rotatable bonds is 9. The number of ether oxygens (including phenoxy) is 2. The minimum atomic E-state index is 0.481. The Hall–Kier alpha value is -2.35. The molecule has 0 aliphatic heterocycles. The third-order valence-electron chi connectivity index (χ3n) is 4.19. The van der Waals surface area contributed by atoms with Crippen molar-refractivity contribution in [3.63, 3.8) is 0 Å². The van der Waals surface area contributed by atoms with E-state index >= 15 is 0 Å². The number of allylic oxidation sites excluding steroid dienone is 1. The average molecular weight is 421 g/mol. The first-order valence-corrected chi connectivity index (χ1v) is 10.2. The third kappa shape index (κ3) is 4.73.